The van der Waals surface area contributed by atoms with E-state index in [-0.39, 0.29) is 11.8 Å². The molecule has 1 aliphatic rings. The van der Waals surface area contributed by atoms with Crippen LogP contribution in [0.15, 0.2) is 24.5 Å². The number of anilines is 1. The van der Waals surface area contributed by atoms with Crippen LogP contribution in [0.25, 0.3) is 0 Å². The van der Waals surface area contributed by atoms with Crippen molar-refractivity contribution in [2.45, 2.75) is 18.9 Å². The zero-order valence-electron chi connectivity index (χ0n) is 12.9. The van der Waals surface area contributed by atoms with Gasteiger partial charge in [0.1, 0.15) is 23.8 Å². The molecule has 1 N–H and O–H groups in total. The molecular formula is C16H18ClN5O. The monoisotopic (exact) mass is 331 g/mol. The van der Waals surface area contributed by atoms with Crippen LogP contribution in [0.1, 0.15) is 30.5 Å². The van der Waals surface area contributed by atoms with Crippen LogP contribution >= 0.6 is 11.6 Å². The summed E-state index contributed by atoms with van der Waals surface area (Å²) >= 11 is 5.91. The second kappa shape index (κ2) is 6.99. The van der Waals surface area contributed by atoms with E-state index in [2.05, 4.69) is 15.3 Å². The number of halogens is 1. The molecule has 1 fully saturated rings. The Morgan fingerprint density at radius 1 is 1.52 bits per heavy atom. The lowest BCUT2D eigenvalue weighted by molar-refractivity contribution is -0.0305. The number of nitrogens with one attached hydrogen (secondary N) is 1. The molecule has 0 amide bonds. The molecule has 3 rings (SSSR count). The minimum Gasteiger partial charge on any atom is -0.370 e. The molecule has 120 valence electrons. The molecule has 7 heteroatoms. The van der Waals surface area contributed by atoms with Crippen LogP contribution < -0.4 is 5.32 Å². The molecule has 0 unspecified atom stereocenters. The molecule has 0 saturated carbocycles. The maximum atomic E-state index is 9.00. The van der Waals surface area contributed by atoms with Crippen molar-refractivity contribution in [3.8, 4) is 6.07 Å². The Hall–Kier alpha value is -2.10. The minimum absolute atomic E-state index is 0.0287. The maximum absolute atomic E-state index is 9.00. The summed E-state index contributed by atoms with van der Waals surface area (Å²) in [7, 11) is 1.98. The third-order valence-corrected chi connectivity index (χ3v) is 4.36. The van der Waals surface area contributed by atoms with Crippen molar-refractivity contribution in [2.24, 2.45) is 13.0 Å². The molecule has 1 saturated heterocycles. The number of rotatable bonds is 4. The van der Waals surface area contributed by atoms with E-state index in [1.807, 2.05) is 23.9 Å². The second-order valence-corrected chi connectivity index (χ2v) is 6.02. The summed E-state index contributed by atoms with van der Waals surface area (Å²) in [5.41, 5.74) is 0.234. The molecule has 0 aliphatic carbocycles. The van der Waals surface area contributed by atoms with E-state index in [0.29, 0.717) is 23.3 Å². The van der Waals surface area contributed by atoms with Crippen molar-refractivity contribution in [1.29, 1.82) is 5.26 Å². The fourth-order valence-corrected chi connectivity index (χ4v) is 2.99. The molecule has 1 aliphatic heterocycles. The van der Waals surface area contributed by atoms with E-state index in [0.717, 1.165) is 25.3 Å². The highest BCUT2D eigenvalue weighted by Gasteiger charge is 2.30. The average Bonchev–Trinajstić information content (AvgIpc) is 3.00. The fraction of sp³-hybridized carbons (Fsp3) is 0.438. The van der Waals surface area contributed by atoms with Gasteiger partial charge in [-0.05, 0) is 25.0 Å². The Morgan fingerprint density at radius 2 is 2.39 bits per heavy atom. The van der Waals surface area contributed by atoms with E-state index in [1.54, 1.807) is 18.3 Å². The van der Waals surface area contributed by atoms with Gasteiger partial charge in [-0.1, -0.05) is 11.6 Å². The quantitative estimate of drug-likeness (QED) is 0.932. The van der Waals surface area contributed by atoms with Gasteiger partial charge in [-0.2, -0.15) is 5.26 Å². The molecule has 0 aromatic carbocycles. The van der Waals surface area contributed by atoms with Crippen LogP contribution in [0.4, 0.5) is 5.82 Å². The summed E-state index contributed by atoms with van der Waals surface area (Å²) in [5.74, 6) is 1.89. The first kappa shape index (κ1) is 15.8. The molecule has 2 aromatic rings. The van der Waals surface area contributed by atoms with Crippen LogP contribution in [0, 0.1) is 17.2 Å². The van der Waals surface area contributed by atoms with Gasteiger partial charge in [0.2, 0.25) is 0 Å². The van der Waals surface area contributed by atoms with Gasteiger partial charge >= 0.3 is 0 Å². The van der Waals surface area contributed by atoms with Crippen LogP contribution in [0.3, 0.4) is 0 Å². The van der Waals surface area contributed by atoms with Gasteiger partial charge in [-0.15, -0.1) is 0 Å². The zero-order chi connectivity index (χ0) is 16.2. The van der Waals surface area contributed by atoms with E-state index in [4.69, 9.17) is 21.6 Å². The Bertz CT molecular complexity index is 724. The zero-order valence-corrected chi connectivity index (χ0v) is 13.6. The molecule has 0 bridgehead atoms. The molecule has 3 heterocycles. The lowest BCUT2D eigenvalue weighted by Crippen LogP contribution is -2.30. The van der Waals surface area contributed by atoms with Gasteiger partial charge in [0.05, 0.1) is 5.02 Å². The lowest BCUT2D eigenvalue weighted by Gasteiger charge is -2.31. The molecule has 2 aromatic heterocycles. The predicted octanol–water partition coefficient (Wildman–Crippen LogP) is 2.92. The number of hydrogen-bond donors (Lipinski definition) is 1. The number of ether oxygens (including phenoxy) is 1. The Kier molecular flexibility index (Phi) is 4.79. The van der Waals surface area contributed by atoms with E-state index in [1.165, 1.54) is 0 Å². The predicted molar refractivity (Wildman–Crippen MR) is 87.1 cm³/mol. The Balaban J connectivity index is 1.71. The van der Waals surface area contributed by atoms with E-state index in [9.17, 15) is 0 Å². The number of nitrogens with zero attached hydrogens (tertiary/aromatic N) is 4. The van der Waals surface area contributed by atoms with Crippen LogP contribution in [0.5, 0.6) is 0 Å². The molecule has 23 heavy (non-hydrogen) atoms. The van der Waals surface area contributed by atoms with Gasteiger partial charge in [0.15, 0.2) is 5.69 Å². The minimum atomic E-state index is -0.0287. The Morgan fingerprint density at radius 3 is 3.13 bits per heavy atom. The summed E-state index contributed by atoms with van der Waals surface area (Å²) in [5, 5.41) is 12.7. The summed E-state index contributed by atoms with van der Waals surface area (Å²) in [6.07, 6.45) is 5.78. The summed E-state index contributed by atoms with van der Waals surface area (Å²) < 4.78 is 7.95. The Labute approximate surface area is 140 Å². The number of imidazole rings is 1. The normalized spacial score (nSPS) is 20.9. The molecular weight excluding hydrogens is 314 g/mol. The van der Waals surface area contributed by atoms with Crippen LogP contribution in [-0.4, -0.2) is 27.7 Å². The first-order valence-electron chi connectivity index (χ1n) is 7.58. The second-order valence-electron chi connectivity index (χ2n) is 5.61. The van der Waals surface area contributed by atoms with Crippen molar-refractivity contribution in [1.82, 2.24) is 14.5 Å². The number of aryl methyl sites for hydroxylation is 1. The van der Waals surface area contributed by atoms with Crippen LogP contribution in [0.2, 0.25) is 5.02 Å². The largest absolute Gasteiger partial charge is 0.370 e. The highest BCUT2D eigenvalue weighted by Crippen LogP contribution is 2.32. The standard InChI is InChI=1S/C16H18ClN5O/c1-22-7-6-19-16(22)15-11(3-2-8-23-15)10-20-14-5-4-12(17)13(9-18)21-14/h4-7,11,15H,2-3,8,10H2,1H3,(H,20,21)/t11-,15+/m0/s1. The van der Waals surface area contributed by atoms with Gasteiger partial charge in [0, 0.05) is 38.5 Å². The lowest BCUT2D eigenvalue weighted by atomic mass is 9.93. The van der Waals surface area contributed by atoms with Crippen LogP contribution in [-0.2, 0) is 11.8 Å². The third kappa shape index (κ3) is 3.46. The maximum Gasteiger partial charge on any atom is 0.161 e. The number of hydrogen-bond acceptors (Lipinski definition) is 5. The fourth-order valence-electron chi connectivity index (χ4n) is 2.84. The van der Waals surface area contributed by atoms with Crippen molar-refractivity contribution in [3.05, 3.63) is 41.1 Å². The third-order valence-electron chi connectivity index (χ3n) is 4.06. The average molecular weight is 332 g/mol. The van der Waals surface area contributed by atoms with Gasteiger partial charge in [0.25, 0.3) is 0 Å². The topological polar surface area (TPSA) is 75.8 Å². The molecule has 0 spiro atoms. The van der Waals surface area contributed by atoms with Crippen molar-refractivity contribution < 1.29 is 4.74 Å². The summed E-state index contributed by atoms with van der Waals surface area (Å²) in [6.45, 7) is 1.46. The number of aromatic nitrogens is 3. The first-order chi connectivity index (χ1) is 11.2. The number of nitriles is 1. The molecule has 6 nitrogen and oxygen atoms in total. The summed E-state index contributed by atoms with van der Waals surface area (Å²) in [6, 6.07) is 5.46. The molecule has 0 radical (unpaired) electrons. The SMILES string of the molecule is Cn1ccnc1[C@@H]1OCCC[C@H]1CNc1ccc(Cl)c(C#N)n1. The van der Waals surface area contributed by atoms with Gasteiger partial charge < -0.3 is 14.6 Å². The van der Waals surface area contributed by atoms with Crippen molar-refractivity contribution in [3.63, 3.8) is 0 Å². The number of pyridine rings is 1. The van der Waals surface area contributed by atoms with Crippen molar-refractivity contribution in [2.75, 3.05) is 18.5 Å². The summed E-state index contributed by atoms with van der Waals surface area (Å²) in [4.78, 5) is 8.63. The highest BCUT2D eigenvalue weighted by atomic mass is 35.5. The first-order valence-corrected chi connectivity index (χ1v) is 7.96. The van der Waals surface area contributed by atoms with E-state index < -0.39 is 0 Å². The van der Waals surface area contributed by atoms with Gasteiger partial charge in [-0.3, -0.25) is 0 Å². The molecule has 2 atom stereocenters. The smallest absolute Gasteiger partial charge is 0.161 e. The van der Waals surface area contributed by atoms with E-state index >= 15 is 0 Å². The highest BCUT2D eigenvalue weighted by molar-refractivity contribution is 6.31. The van der Waals surface area contributed by atoms with Gasteiger partial charge in [-0.25, -0.2) is 9.97 Å². The van der Waals surface area contributed by atoms with Crippen molar-refractivity contribution >= 4 is 17.4 Å².